The number of hydroxylamine groups is 1. The Bertz CT molecular complexity index is 1030. The highest BCUT2D eigenvalue weighted by Crippen LogP contribution is 2.40. The molecule has 0 bridgehead atoms. The van der Waals surface area contributed by atoms with Gasteiger partial charge in [0.05, 0.1) is 16.4 Å². The quantitative estimate of drug-likeness (QED) is 0.349. The Hall–Kier alpha value is -3.15. The number of anilines is 2. The molecule has 0 fully saturated rings. The largest absolute Gasteiger partial charge is 0.353 e. The van der Waals surface area contributed by atoms with E-state index in [0.717, 1.165) is 33.8 Å². The molecule has 6 heteroatoms. The molecule has 1 heterocycles. The van der Waals surface area contributed by atoms with Crippen LogP contribution in [0.25, 0.3) is 11.1 Å². The van der Waals surface area contributed by atoms with Gasteiger partial charge in [0, 0.05) is 28.6 Å². The lowest BCUT2D eigenvalue weighted by atomic mass is 10.0. The number of fused-ring (bicyclic) bond motifs is 2. The number of hydrogen-bond donors (Lipinski definition) is 3. The summed E-state index contributed by atoms with van der Waals surface area (Å²) < 4.78 is 0. The number of nitrogens with zero attached hydrogens (tertiary/aromatic N) is 1. The second kappa shape index (κ2) is 6.63. The van der Waals surface area contributed by atoms with Gasteiger partial charge in [-0.2, -0.15) is 0 Å². The maximum absolute atomic E-state index is 11.5. The average molecular weight is 364 g/mol. The fourth-order valence-corrected chi connectivity index (χ4v) is 3.13. The SMILES string of the molecule is O=C(NO)c1ccc(-c2cc3c(cc2Cl)N=Cc2ccccc2N3)cc1. The molecule has 3 aromatic rings. The third-order valence-corrected chi connectivity index (χ3v) is 4.53. The number of para-hydroxylation sites is 1. The minimum atomic E-state index is -0.558. The zero-order chi connectivity index (χ0) is 18.1. The van der Waals surface area contributed by atoms with Gasteiger partial charge in [-0.25, -0.2) is 5.48 Å². The fourth-order valence-electron chi connectivity index (χ4n) is 2.86. The van der Waals surface area contributed by atoms with Crippen LogP contribution in [0.4, 0.5) is 17.1 Å². The van der Waals surface area contributed by atoms with Crippen LogP contribution < -0.4 is 10.8 Å². The number of hydrogen-bond acceptors (Lipinski definition) is 4. The molecule has 3 N–H and O–H groups in total. The summed E-state index contributed by atoms with van der Waals surface area (Å²) in [7, 11) is 0. The molecule has 5 nitrogen and oxygen atoms in total. The Balaban J connectivity index is 1.76. The molecule has 0 saturated heterocycles. The van der Waals surface area contributed by atoms with Crippen molar-refractivity contribution in [1.82, 2.24) is 5.48 Å². The number of carbonyl (C=O) groups excluding carboxylic acids is 1. The Labute approximate surface area is 154 Å². The summed E-state index contributed by atoms with van der Waals surface area (Å²) in [4.78, 5) is 16.0. The molecule has 3 aromatic carbocycles. The van der Waals surface area contributed by atoms with Crippen molar-refractivity contribution >= 4 is 40.8 Å². The van der Waals surface area contributed by atoms with Gasteiger partial charge < -0.3 is 5.32 Å². The van der Waals surface area contributed by atoms with Crippen LogP contribution in [0.3, 0.4) is 0 Å². The predicted octanol–water partition coefficient (Wildman–Crippen LogP) is 4.93. The van der Waals surface area contributed by atoms with E-state index in [2.05, 4.69) is 10.3 Å². The van der Waals surface area contributed by atoms with E-state index in [1.807, 2.05) is 42.6 Å². The molecular weight excluding hydrogens is 350 g/mol. The van der Waals surface area contributed by atoms with Gasteiger partial charge in [-0.05, 0) is 35.9 Å². The highest BCUT2D eigenvalue weighted by molar-refractivity contribution is 6.34. The van der Waals surface area contributed by atoms with Crippen molar-refractivity contribution in [3.05, 3.63) is 76.8 Å². The lowest BCUT2D eigenvalue weighted by molar-refractivity contribution is 0.0706. The van der Waals surface area contributed by atoms with Crippen molar-refractivity contribution in [3.63, 3.8) is 0 Å². The second-order valence-electron chi connectivity index (χ2n) is 5.84. The first kappa shape index (κ1) is 16.3. The summed E-state index contributed by atoms with van der Waals surface area (Å²) in [5.41, 5.74) is 7.23. The summed E-state index contributed by atoms with van der Waals surface area (Å²) in [5, 5.41) is 12.7. The molecule has 128 valence electrons. The van der Waals surface area contributed by atoms with Gasteiger partial charge in [-0.1, -0.05) is 41.9 Å². The van der Waals surface area contributed by atoms with E-state index in [1.165, 1.54) is 0 Å². The van der Waals surface area contributed by atoms with E-state index in [9.17, 15) is 4.79 Å². The molecule has 0 saturated carbocycles. The molecule has 1 amide bonds. The molecule has 26 heavy (non-hydrogen) atoms. The smallest absolute Gasteiger partial charge is 0.274 e. The van der Waals surface area contributed by atoms with E-state index in [-0.39, 0.29) is 0 Å². The van der Waals surface area contributed by atoms with Crippen molar-refractivity contribution in [2.24, 2.45) is 4.99 Å². The Kier molecular flexibility index (Phi) is 4.16. The number of carbonyl (C=O) groups is 1. The summed E-state index contributed by atoms with van der Waals surface area (Å²) >= 11 is 6.47. The lowest BCUT2D eigenvalue weighted by Gasteiger charge is -2.13. The van der Waals surface area contributed by atoms with Gasteiger partial charge in [0.2, 0.25) is 0 Å². The number of benzene rings is 3. The van der Waals surface area contributed by atoms with E-state index in [1.54, 1.807) is 29.7 Å². The Morgan fingerprint density at radius 2 is 1.81 bits per heavy atom. The van der Waals surface area contributed by atoms with Crippen LogP contribution in [0.1, 0.15) is 15.9 Å². The number of halogens is 1. The Morgan fingerprint density at radius 1 is 1.04 bits per heavy atom. The van der Waals surface area contributed by atoms with Gasteiger partial charge in [0.1, 0.15) is 0 Å². The van der Waals surface area contributed by atoms with Gasteiger partial charge in [0.15, 0.2) is 0 Å². The molecule has 0 spiro atoms. The van der Waals surface area contributed by atoms with E-state index in [0.29, 0.717) is 10.6 Å². The predicted molar refractivity (Wildman–Crippen MR) is 103 cm³/mol. The fraction of sp³-hybridized carbons (Fsp3) is 0. The maximum atomic E-state index is 11.5. The molecule has 4 rings (SSSR count). The molecule has 1 aliphatic heterocycles. The monoisotopic (exact) mass is 363 g/mol. The minimum absolute atomic E-state index is 0.360. The highest BCUT2D eigenvalue weighted by atomic mass is 35.5. The van der Waals surface area contributed by atoms with Crippen LogP contribution in [-0.2, 0) is 0 Å². The minimum Gasteiger partial charge on any atom is -0.353 e. The van der Waals surface area contributed by atoms with Crippen molar-refractivity contribution < 1.29 is 10.0 Å². The van der Waals surface area contributed by atoms with Crippen molar-refractivity contribution in [1.29, 1.82) is 0 Å². The van der Waals surface area contributed by atoms with Crippen LogP contribution in [0, 0.1) is 0 Å². The van der Waals surface area contributed by atoms with Crippen LogP contribution in [-0.4, -0.2) is 17.3 Å². The number of aliphatic imine (C=N–C) groups is 1. The van der Waals surface area contributed by atoms with Gasteiger partial charge in [0.25, 0.3) is 5.91 Å². The summed E-state index contributed by atoms with van der Waals surface area (Å²) in [6.45, 7) is 0. The van der Waals surface area contributed by atoms with Crippen LogP contribution in [0.2, 0.25) is 5.02 Å². The molecule has 0 radical (unpaired) electrons. The summed E-state index contributed by atoms with van der Waals surface area (Å²) in [5.74, 6) is -0.558. The zero-order valence-electron chi connectivity index (χ0n) is 13.5. The Morgan fingerprint density at radius 3 is 2.58 bits per heavy atom. The van der Waals surface area contributed by atoms with Gasteiger partial charge in [-0.3, -0.25) is 15.0 Å². The maximum Gasteiger partial charge on any atom is 0.274 e. The standard InChI is InChI=1S/C20H14ClN3O2/c21-16-10-18-19(23-17-4-2-1-3-14(17)11-22-18)9-15(16)12-5-7-13(8-6-12)20(25)24-26/h1-11,23,26H,(H,24,25). The first-order valence-corrected chi connectivity index (χ1v) is 8.32. The average Bonchev–Trinajstić information content (AvgIpc) is 2.86. The first-order valence-electron chi connectivity index (χ1n) is 7.94. The molecule has 0 atom stereocenters. The third kappa shape index (κ3) is 2.94. The third-order valence-electron chi connectivity index (χ3n) is 4.22. The number of rotatable bonds is 2. The molecule has 0 aromatic heterocycles. The lowest BCUT2D eigenvalue weighted by Crippen LogP contribution is -2.18. The van der Waals surface area contributed by atoms with Crippen LogP contribution >= 0.6 is 11.6 Å². The molecule has 0 aliphatic carbocycles. The van der Waals surface area contributed by atoms with E-state index < -0.39 is 5.91 Å². The summed E-state index contributed by atoms with van der Waals surface area (Å²) in [6, 6.07) is 18.5. The topological polar surface area (TPSA) is 73.7 Å². The highest BCUT2D eigenvalue weighted by Gasteiger charge is 2.14. The molecule has 0 unspecified atom stereocenters. The summed E-state index contributed by atoms with van der Waals surface area (Å²) in [6.07, 6.45) is 1.81. The molecule has 1 aliphatic rings. The number of nitrogens with one attached hydrogen (secondary N) is 2. The van der Waals surface area contributed by atoms with Crippen molar-refractivity contribution in [2.45, 2.75) is 0 Å². The van der Waals surface area contributed by atoms with Crippen molar-refractivity contribution in [3.8, 4) is 11.1 Å². The normalized spacial score (nSPS) is 11.8. The van der Waals surface area contributed by atoms with Crippen molar-refractivity contribution in [2.75, 3.05) is 5.32 Å². The van der Waals surface area contributed by atoms with E-state index >= 15 is 0 Å². The van der Waals surface area contributed by atoms with Gasteiger partial charge in [-0.15, -0.1) is 0 Å². The zero-order valence-corrected chi connectivity index (χ0v) is 14.3. The van der Waals surface area contributed by atoms with Gasteiger partial charge >= 0.3 is 0 Å². The van der Waals surface area contributed by atoms with E-state index in [4.69, 9.17) is 16.8 Å². The van der Waals surface area contributed by atoms with Crippen LogP contribution in [0.5, 0.6) is 0 Å². The number of amides is 1. The van der Waals surface area contributed by atoms with Crippen LogP contribution in [0.15, 0.2) is 65.7 Å². The molecular formula is C20H14ClN3O2. The second-order valence-corrected chi connectivity index (χ2v) is 6.25. The first-order chi connectivity index (χ1) is 12.7.